The Kier molecular flexibility index (Phi) is 4.80. The molecule has 2 saturated heterocycles. The van der Waals surface area contributed by atoms with Gasteiger partial charge in [-0.05, 0) is 36.6 Å². The summed E-state index contributed by atoms with van der Waals surface area (Å²) in [6, 6.07) is 5.24. The summed E-state index contributed by atoms with van der Waals surface area (Å²) in [5, 5.41) is 13.7. The van der Waals surface area contributed by atoms with E-state index in [2.05, 4.69) is 20.3 Å². The van der Waals surface area contributed by atoms with Crippen LogP contribution in [0.4, 0.5) is 4.39 Å². The first-order valence-corrected chi connectivity index (χ1v) is 9.89. The van der Waals surface area contributed by atoms with Crippen molar-refractivity contribution in [1.29, 1.82) is 0 Å². The highest BCUT2D eigenvalue weighted by Gasteiger charge is 2.44. The van der Waals surface area contributed by atoms with Gasteiger partial charge in [0.15, 0.2) is 0 Å². The Morgan fingerprint density at radius 3 is 2.87 bits per heavy atom. The molecule has 8 heteroatoms. The average Bonchev–Trinajstić information content (AvgIpc) is 3.41. The van der Waals surface area contributed by atoms with Crippen LogP contribution in [0.3, 0.4) is 0 Å². The molecule has 3 aromatic rings. The Morgan fingerprint density at radius 1 is 1.27 bits per heavy atom. The fraction of sp³-hybridized carbons (Fsp3) is 0.318. The molecule has 7 nitrogen and oxygen atoms in total. The van der Waals surface area contributed by atoms with Crippen molar-refractivity contribution in [3.05, 3.63) is 60.6 Å². The molecule has 4 heterocycles. The van der Waals surface area contributed by atoms with Crippen LogP contribution >= 0.6 is 0 Å². The van der Waals surface area contributed by atoms with Gasteiger partial charge in [0.1, 0.15) is 11.9 Å². The van der Waals surface area contributed by atoms with E-state index in [9.17, 15) is 9.50 Å². The number of nitrogens with zero attached hydrogens (tertiary/aromatic N) is 4. The summed E-state index contributed by atoms with van der Waals surface area (Å²) in [6.45, 7) is 0. The average molecular weight is 407 g/mol. The van der Waals surface area contributed by atoms with Crippen molar-refractivity contribution in [1.82, 2.24) is 24.8 Å². The van der Waals surface area contributed by atoms with Crippen LogP contribution in [0.25, 0.3) is 23.0 Å². The van der Waals surface area contributed by atoms with Gasteiger partial charge in [0.05, 0.1) is 41.9 Å². The lowest BCUT2D eigenvalue weighted by atomic mass is 9.96. The van der Waals surface area contributed by atoms with Gasteiger partial charge in [0.2, 0.25) is 0 Å². The van der Waals surface area contributed by atoms with E-state index in [1.807, 2.05) is 6.07 Å². The molecular formula is C22H22FN5O2. The number of phenols is 1. The van der Waals surface area contributed by atoms with Crippen LogP contribution in [0.5, 0.6) is 5.75 Å². The lowest BCUT2D eigenvalue weighted by Crippen LogP contribution is -2.44. The van der Waals surface area contributed by atoms with E-state index >= 15 is 0 Å². The predicted molar refractivity (Wildman–Crippen MR) is 110 cm³/mol. The third kappa shape index (κ3) is 3.38. The molecule has 5 rings (SSSR count). The van der Waals surface area contributed by atoms with Gasteiger partial charge in [-0.15, -0.1) is 0 Å². The van der Waals surface area contributed by atoms with Crippen LogP contribution < -0.4 is 5.32 Å². The molecule has 0 radical (unpaired) electrons. The van der Waals surface area contributed by atoms with Crippen molar-refractivity contribution in [3.63, 3.8) is 0 Å². The minimum absolute atomic E-state index is 0.0425. The molecule has 2 bridgehead atoms. The smallest absolute Gasteiger partial charge is 0.137 e. The molecular weight excluding hydrogens is 385 g/mol. The number of aromatic nitrogens is 4. The van der Waals surface area contributed by atoms with Crippen molar-refractivity contribution < 1.29 is 14.2 Å². The van der Waals surface area contributed by atoms with Crippen LogP contribution in [0.2, 0.25) is 0 Å². The summed E-state index contributed by atoms with van der Waals surface area (Å²) in [5.41, 5.74) is 3.25. The molecule has 0 spiro atoms. The number of hydrogen-bond donors (Lipinski definition) is 2. The van der Waals surface area contributed by atoms with Gasteiger partial charge >= 0.3 is 0 Å². The van der Waals surface area contributed by atoms with E-state index in [1.165, 1.54) is 0 Å². The first kappa shape index (κ1) is 18.9. The van der Waals surface area contributed by atoms with Crippen molar-refractivity contribution in [2.45, 2.75) is 37.2 Å². The third-order valence-electron chi connectivity index (χ3n) is 5.89. The zero-order valence-electron chi connectivity index (χ0n) is 16.4. The Balaban J connectivity index is 1.37. The fourth-order valence-corrected chi connectivity index (χ4v) is 4.33. The predicted octanol–water partition coefficient (Wildman–Crippen LogP) is 2.91. The van der Waals surface area contributed by atoms with Crippen molar-refractivity contribution in [2.24, 2.45) is 0 Å². The molecule has 0 amide bonds. The van der Waals surface area contributed by atoms with Crippen molar-refractivity contribution in [3.8, 4) is 22.7 Å². The number of methoxy groups -OCH3 is 1. The largest absolute Gasteiger partial charge is 0.507 e. The molecule has 2 fully saturated rings. The SMILES string of the molecule is CO[C@@H]1CC2NC1C/C(=C\c1cnc(-c3ccc(-n4ccnc4)cc3O)cn1)[C@@H]2F. The zero-order valence-corrected chi connectivity index (χ0v) is 16.4. The summed E-state index contributed by atoms with van der Waals surface area (Å²) in [5.74, 6) is 0.103. The second kappa shape index (κ2) is 7.62. The van der Waals surface area contributed by atoms with Gasteiger partial charge < -0.3 is 19.7 Å². The number of hydrogen-bond acceptors (Lipinski definition) is 6. The van der Waals surface area contributed by atoms with Gasteiger partial charge in [0, 0.05) is 43.2 Å². The van der Waals surface area contributed by atoms with Crippen LogP contribution in [0.15, 0.2) is 54.9 Å². The lowest BCUT2D eigenvalue weighted by Gasteiger charge is -2.28. The van der Waals surface area contributed by atoms with Crippen molar-refractivity contribution >= 4 is 6.08 Å². The molecule has 0 saturated carbocycles. The van der Waals surface area contributed by atoms with Crippen LogP contribution in [-0.4, -0.2) is 56.1 Å². The summed E-state index contributed by atoms with van der Waals surface area (Å²) in [7, 11) is 1.67. The van der Waals surface area contributed by atoms with E-state index in [1.54, 1.807) is 61.0 Å². The molecule has 2 aliphatic heterocycles. The summed E-state index contributed by atoms with van der Waals surface area (Å²) >= 11 is 0. The maximum atomic E-state index is 14.8. The Bertz CT molecular complexity index is 1070. The highest BCUT2D eigenvalue weighted by molar-refractivity contribution is 5.68. The van der Waals surface area contributed by atoms with Crippen LogP contribution in [0, 0.1) is 0 Å². The number of piperidine rings is 1. The minimum atomic E-state index is -1.05. The second-order valence-electron chi connectivity index (χ2n) is 7.71. The summed E-state index contributed by atoms with van der Waals surface area (Å²) in [6.07, 6.45) is 10.4. The molecule has 4 atom stereocenters. The standard InChI is InChI=1S/C22H22FN5O2/c1-30-21-9-18-22(23)13(7-17(21)27-18)6-14-10-26-19(11-25-14)16-3-2-15(8-20(16)29)28-5-4-24-12-28/h2-6,8,10-12,17-18,21-22,27,29H,7,9H2,1H3/b13-6+/t17?,18?,21-,22+/m1/s1. The molecule has 2 aromatic heterocycles. The Labute approximate surface area is 173 Å². The maximum absolute atomic E-state index is 14.8. The maximum Gasteiger partial charge on any atom is 0.137 e. The zero-order chi connectivity index (χ0) is 20.7. The monoisotopic (exact) mass is 407 g/mol. The van der Waals surface area contributed by atoms with E-state index in [4.69, 9.17) is 4.74 Å². The highest BCUT2D eigenvalue weighted by Crippen LogP contribution is 2.35. The van der Waals surface area contributed by atoms with E-state index in [0.29, 0.717) is 29.8 Å². The molecule has 0 aliphatic carbocycles. The summed E-state index contributed by atoms with van der Waals surface area (Å²) in [4.78, 5) is 12.9. The minimum Gasteiger partial charge on any atom is -0.507 e. The second-order valence-corrected chi connectivity index (χ2v) is 7.71. The first-order chi connectivity index (χ1) is 14.6. The highest BCUT2D eigenvalue weighted by atomic mass is 19.1. The number of aromatic hydroxyl groups is 1. The van der Waals surface area contributed by atoms with E-state index in [-0.39, 0.29) is 23.9 Å². The molecule has 2 N–H and O–H groups in total. The quantitative estimate of drug-likeness (QED) is 0.692. The number of rotatable bonds is 4. The number of nitrogens with one attached hydrogen (secondary N) is 1. The normalized spacial score (nSPS) is 26.9. The van der Waals surface area contributed by atoms with Gasteiger partial charge in [-0.25, -0.2) is 9.37 Å². The number of halogens is 1. The van der Waals surface area contributed by atoms with Gasteiger partial charge in [-0.3, -0.25) is 9.97 Å². The van der Waals surface area contributed by atoms with Crippen LogP contribution in [-0.2, 0) is 4.74 Å². The van der Waals surface area contributed by atoms with Crippen molar-refractivity contribution in [2.75, 3.05) is 7.11 Å². The Hall–Kier alpha value is -3.10. The topological polar surface area (TPSA) is 85.1 Å². The van der Waals surface area contributed by atoms with E-state index < -0.39 is 6.17 Å². The number of alkyl halides is 1. The Morgan fingerprint density at radius 2 is 2.17 bits per heavy atom. The third-order valence-corrected chi connectivity index (χ3v) is 5.89. The number of imidazole rings is 1. The van der Waals surface area contributed by atoms with E-state index in [0.717, 1.165) is 11.3 Å². The lowest BCUT2D eigenvalue weighted by molar-refractivity contribution is 0.0927. The fourth-order valence-electron chi connectivity index (χ4n) is 4.33. The molecule has 154 valence electrons. The van der Waals surface area contributed by atoms with Gasteiger partial charge in [-0.2, -0.15) is 0 Å². The van der Waals surface area contributed by atoms with Gasteiger partial charge in [0.25, 0.3) is 0 Å². The molecule has 2 unspecified atom stereocenters. The van der Waals surface area contributed by atoms with Crippen LogP contribution in [0.1, 0.15) is 18.5 Å². The van der Waals surface area contributed by atoms with Gasteiger partial charge in [-0.1, -0.05) is 0 Å². The number of fused-ring (bicyclic) bond motifs is 2. The summed E-state index contributed by atoms with van der Waals surface area (Å²) < 4.78 is 22.1. The first-order valence-electron chi connectivity index (χ1n) is 9.89. The molecule has 30 heavy (non-hydrogen) atoms. The molecule has 1 aromatic carbocycles. The number of benzene rings is 1. The number of ether oxygens (including phenoxy) is 1. The number of phenolic OH excluding ortho intramolecular Hbond substituents is 1. The molecule has 2 aliphatic rings.